The lowest BCUT2D eigenvalue weighted by Gasteiger charge is -2.24. The van der Waals surface area contributed by atoms with E-state index in [2.05, 4.69) is 44.7 Å². The number of carbonyl (C=O) groups excluding carboxylic acids is 1. The summed E-state index contributed by atoms with van der Waals surface area (Å²) in [7, 11) is 1.67. The van der Waals surface area contributed by atoms with Gasteiger partial charge in [-0.25, -0.2) is 0 Å². The van der Waals surface area contributed by atoms with Crippen molar-refractivity contribution in [1.82, 2.24) is 0 Å². The molecule has 1 aromatic rings. The minimum absolute atomic E-state index is 0.0246. The fraction of sp³-hybridized carbons (Fsp3) is 0.560. The Morgan fingerprint density at radius 1 is 1.14 bits per heavy atom. The number of esters is 1. The van der Waals surface area contributed by atoms with Crippen LogP contribution in [-0.2, 0) is 20.7 Å². The van der Waals surface area contributed by atoms with Gasteiger partial charge in [-0.05, 0) is 30.5 Å². The zero-order chi connectivity index (χ0) is 21.5. The predicted molar refractivity (Wildman–Crippen MR) is 119 cm³/mol. The fourth-order valence-electron chi connectivity index (χ4n) is 3.21. The largest absolute Gasteiger partial charge is 0.497 e. The van der Waals surface area contributed by atoms with Gasteiger partial charge in [0.2, 0.25) is 0 Å². The lowest BCUT2D eigenvalue weighted by atomic mass is 10.0. The molecule has 0 saturated heterocycles. The highest BCUT2D eigenvalue weighted by molar-refractivity contribution is 5.67. The van der Waals surface area contributed by atoms with Crippen LogP contribution in [0.3, 0.4) is 0 Å². The molecule has 0 fully saturated rings. The molecular weight excluding hydrogens is 364 g/mol. The molecule has 29 heavy (non-hydrogen) atoms. The first-order valence-corrected chi connectivity index (χ1v) is 10.8. The van der Waals surface area contributed by atoms with E-state index in [4.69, 9.17) is 14.2 Å². The number of hydrogen-bond acceptors (Lipinski definition) is 4. The van der Waals surface area contributed by atoms with Crippen LogP contribution in [0.2, 0.25) is 0 Å². The van der Waals surface area contributed by atoms with Crippen LogP contribution in [0.5, 0.6) is 5.75 Å². The summed E-state index contributed by atoms with van der Waals surface area (Å²) < 4.78 is 16.9. The number of rotatable bonds is 15. The molecule has 162 valence electrons. The number of carbonyl (C=O) groups is 1. The molecule has 4 nitrogen and oxygen atoms in total. The monoisotopic (exact) mass is 402 g/mol. The third kappa shape index (κ3) is 11.5. The lowest BCUT2D eigenvalue weighted by Crippen LogP contribution is -2.24. The lowest BCUT2D eigenvalue weighted by molar-refractivity contribution is -0.137. The van der Waals surface area contributed by atoms with Crippen molar-refractivity contribution in [2.24, 2.45) is 0 Å². The SMILES string of the molecule is C=C(C[C@H](CCCCCC)O[C@H](/C=C/CC)Cc1ccc(OC)cc1)OC(C)=O. The molecule has 2 atom stereocenters. The standard InChI is InChI=1S/C25H38O4/c1-6-8-10-11-13-24(18-20(3)28-21(4)26)29-25(12-9-7-2)19-22-14-16-23(27-5)17-15-22/h9,12,14-17,24-25H,3,6-8,10-11,13,18-19H2,1-2,4-5H3/b12-9+/t24-,25+/m0/s1. The second kappa shape index (κ2) is 14.9. The van der Waals surface area contributed by atoms with Crippen molar-refractivity contribution in [3.05, 3.63) is 54.3 Å². The number of hydrogen-bond donors (Lipinski definition) is 0. The summed E-state index contributed by atoms with van der Waals surface area (Å²) in [5.74, 6) is 0.989. The average molecular weight is 403 g/mol. The predicted octanol–water partition coefficient (Wildman–Crippen LogP) is 6.40. The zero-order valence-electron chi connectivity index (χ0n) is 18.6. The van der Waals surface area contributed by atoms with Crippen LogP contribution in [0.4, 0.5) is 0 Å². The number of benzene rings is 1. The molecule has 0 aliphatic heterocycles. The molecule has 0 aliphatic rings. The minimum atomic E-state index is -0.333. The van der Waals surface area contributed by atoms with E-state index in [0.29, 0.717) is 12.2 Å². The van der Waals surface area contributed by atoms with E-state index in [1.54, 1.807) is 7.11 Å². The summed E-state index contributed by atoms with van der Waals surface area (Å²) in [6.45, 7) is 9.62. The van der Waals surface area contributed by atoms with Gasteiger partial charge in [-0.1, -0.05) is 70.4 Å². The van der Waals surface area contributed by atoms with Crippen LogP contribution in [0, 0.1) is 0 Å². The number of allylic oxidation sites excluding steroid dienone is 1. The maximum Gasteiger partial charge on any atom is 0.307 e. The van der Waals surface area contributed by atoms with Crippen LogP contribution in [-0.4, -0.2) is 25.3 Å². The van der Waals surface area contributed by atoms with Crippen molar-refractivity contribution in [1.29, 1.82) is 0 Å². The number of ether oxygens (including phenoxy) is 3. The summed E-state index contributed by atoms with van der Waals surface area (Å²) in [5.41, 5.74) is 1.19. The van der Waals surface area contributed by atoms with Crippen LogP contribution in [0.25, 0.3) is 0 Å². The Hall–Kier alpha value is -2.07. The molecule has 0 unspecified atom stereocenters. The second-order valence-electron chi connectivity index (χ2n) is 7.37. The van der Waals surface area contributed by atoms with Gasteiger partial charge >= 0.3 is 5.97 Å². The summed E-state index contributed by atoms with van der Waals surface area (Å²) in [6, 6.07) is 8.09. The van der Waals surface area contributed by atoms with Gasteiger partial charge in [0.15, 0.2) is 0 Å². The van der Waals surface area contributed by atoms with E-state index in [-0.39, 0.29) is 18.2 Å². The third-order valence-corrected chi connectivity index (χ3v) is 4.67. The first kappa shape index (κ1) is 25.0. The van der Waals surface area contributed by atoms with E-state index in [9.17, 15) is 4.79 Å². The first-order chi connectivity index (χ1) is 14.0. The van der Waals surface area contributed by atoms with Gasteiger partial charge in [-0.15, -0.1) is 0 Å². The number of methoxy groups -OCH3 is 1. The fourth-order valence-corrected chi connectivity index (χ4v) is 3.21. The Kier molecular flexibility index (Phi) is 12.8. The molecular formula is C25H38O4. The quantitative estimate of drug-likeness (QED) is 0.147. The molecule has 0 aliphatic carbocycles. The van der Waals surface area contributed by atoms with Crippen LogP contribution in [0.1, 0.15) is 71.3 Å². The van der Waals surface area contributed by atoms with Gasteiger partial charge in [0.1, 0.15) is 11.5 Å². The molecule has 1 rings (SSSR count). The minimum Gasteiger partial charge on any atom is -0.497 e. The van der Waals surface area contributed by atoms with Crippen LogP contribution < -0.4 is 4.74 Å². The van der Waals surface area contributed by atoms with Crippen molar-refractivity contribution in [2.45, 2.75) is 84.3 Å². The Morgan fingerprint density at radius 3 is 2.45 bits per heavy atom. The van der Waals surface area contributed by atoms with Gasteiger partial charge in [-0.3, -0.25) is 4.79 Å². The van der Waals surface area contributed by atoms with Crippen molar-refractivity contribution < 1.29 is 19.0 Å². The molecule has 0 spiro atoms. The summed E-state index contributed by atoms with van der Waals surface area (Å²) in [4.78, 5) is 11.2. The van der Waals surface area contributed by atoms with E-state index >= 15 is 0 Å². The normalized spacial score (nSPS) is 13.2. The highest BCUT2D eigenvalue weighted by Gasteiger charge is 2.18. The molecule has 0 aromatic heterocycles. The molecule has 1 aromatic carbocycles. The molecule has 0 bridgehead atoms. The average Bonchev–Trinajstić information content (AvgIpc) is 2.69. The third-order valence-electron chi connectivity index (χ3n) is 4.67. The summed E-state index contributed by atoms with van der Waals surface area (Å²) in [6.07, 6.45) is 12.1. The van der Waals surface area contributed by atoms with Gasteiger partial charge < -0.3 is 14.2 Å². The molecule has 0 saturated carbocycles. The Balaban J connectivity index is 2.81. The molecule has 0 N–H and O–H groups in total. The van der Waals surface area contributed by atoms with Crippen molar-refractivity contribution in [2.75, 3.05) is 7.11 Å². The van der Waals surface area contributed by atoms with Crippen molar-refractivity contribution in [3.8, 4) is 5.75 Å². The van der Waals surface area contributed by atoms with Crippen molar-refractivity contribution >= 4 is 5.97 Å². The smallest absolute Gasteiger partial charge is 0.307 e. The van der Waals surface area contributed by atoms with Crippen molar-refractivity contribution in [3.63, 3.8) is 0 Å². The van der Waals surface area contributed by atoms with Gasteiger partial charge in [0.25, 0.3) is 0 Å². The zero-order valence-corrected chi connectivity index (χ0v) is 18.6. The van der Waals surface area contributed by atoms with Gasteiger partial charge in [-0.2, -0.15) is 0 Å². The molecule has 0 radical (unpaired) electrons. The first-order valence-electron chi connectivity index (χ1n) is 10.8. The highest BCUT2D eigenvalue weighted by Crippen LogP contribution is 2.21. The summed E-state index contributed by atoms with van der Waals surface area (Å²) >= 11 is 0. The Morgan fingerprint density at radius 2 is 1.86 bits per heavy atom. The maximum absolute atomic E-state index is 11.2. The second-order valence-corrected chi connectivity index (χ2v) is 7.37. The molecule has 4 heteroatoms. The van der Waals surface area contributed by atoms with E-state index in [0.717, 1.165) is 31.4 Å². The van der Waals surface area contributed by atoms with Gasteiger partial charge in [0.05, 0.1) is 19.3 Å². The van der Waals surface area contributed by atoms with E-state index < -0.39 is 0 Å². The Bertz CT molecular complexity index is 618. The highest BCUT2D eigenvalue weighted by atomic mass is 16.5. The van der Waals surface area contributed by atoms with Crippen LogP contribution >= 0.6 is 0 Å². The van der Waals surface area contributed by atoms with E-state index in [1.807, 2.05) is 12.1 Å². The number of unbranched alkanes of at least 4 members (excludes halogenated alkanes) is 3. The van der Waals surface area contributed by atoms with Crippen LogP contribution in [0.15, 0.2) is 48.8 Å². The topological polar surface area (TPSA) is 44.8 Å². The Labute approximate surface area is 176 Å². The molecule has 0 heterocycles. The van der Waals surface area contributed by atoms with E-state index in [1.165, 1.54) is 31.7 Å². The van der Waals surface area contributed by atoms with Gasteiger partial charge in [0, 0.05) is 19.8 Å². The molecule has 0 amide bonds. The summed E-state index contributed by atoms with van der Waals surface area (Å²) in [5, 5.41) is 0. The maximum atomic E-state index is 11.2.